The molecule has 19 heavy (non-hydrogen) atoms. The van der Waals surface area contributed by atoms with Crippen LogP contribution in [0, 0.1) is 5.82 Å². The molecule has 0 aliphatic carbocycles. The molecule has 0 amide bonds. The lowest BCUT2D eigenvalue weighted by Gasteiger charge is -2.09. The average Bonchev–Trinajstić information content (AvgIpc) is 2.38. The Kier molecular flexibility index (Phi) is 3.29. The van der Waals surface area contributed by atoms with Crippen LogP contribution in [0.15, 0.2) is 42.5 Å². The SMILES string of the molecule is O=C(O)c1cccc(-c2ccc(F)cc2)c1C(=O)O. The number of carbonyl (C=O) groups is 2. The van der Waals surface area contributed by atoms with Crippen LogP contribution in [0.1, 0.15) is 20.7 Å². The van der Waals surface area contributed by atoms with Gasteiger partial charge in [-0.25, -0.2) is 14.0 Å². The van der Waals surface area contributed by atoms with E-state index in [9.17, 15) is 19.1 Å². The first-order chi connectivity index (χ1) is 9.00. The van der Waals surface area contributed by atoms with E-state index in [1.165, 1.54) is 42.5 Å². The smallest absolute Gasteiger partial charge is 0.337 e. The molecular weight excluding hydrogens is 251 g/mol. The van der Waals surface area contributed by atoms with Crippen molar-refractivity contribution in [1.82, 2.24) is 0 Å². The molecule has 0 unspecified atom stereocenters. The molecule has 0 saturated heterocycles. The molecule has 0 aromatic heterocycles. The lowest BCUT2D eigenvalue weighted by atomic mass is 9.95. The minimum atomic E-state index is -1.34. The lowest BCUT2D eigenvalue weighted by Crippen LogP contribution is -2.09. The molecule has 96 valence electrons. The maximum Gasteiger partial charge on any atom is 0.337 e. The first-order valence-electron chi connectivity index (χ1n) is 5.36. The summed E-state index contributed by atoms with van der Waals surface area (Å²) in [6.07, 6.45) is 0. The summed E-state index contributed by atoms with van der Waals surface area (Å²) in [5.74, 6) is -3.10. The Morgan fingerprint density at radius 1 is 0.895 bits per heavy atom. The van der Waals surface area contributed by atoms with Gasteiger partial charge in [-0.3, -0.25) is 0 Å². The van der Waals surface area contributed by atoms with Crippen LogP contribution in [0.4, 0.5) is 4.39 Å². The predicted octanol–water partition coefficient (Wildman–Crippen LogP) is 2.89. The van der Waals surface area contributed by atoms with Gasteiger partial charge in [0.05, 0.1) is 11.1 Å². The van der Waals surface area contributed by atoms with E-state index in [1.54, 1.807) is 0 Å². The summed E-state index contributed by atoms with van der Waals surface area (Å²) in [6.45, 7) is 0. The molecule has 0 spiro atoms. The molecule has 0 bridgehead atoms. The highest BCUT2D eigenvalue weighted by Crippen LogP contribution is 2.26. The van der Waals surface area contributed by atoms with Crippen molar-refractivity contribution >= 4 is 11.9 Å². The first kappa shape index (κ1) is 12.8. The second-order valence-electron chi connectivity index (χ2n) is 3.85. The molecule has 0 atom stereocenters. The van der Waals surface area contributed by atoms with Crippen molar-refractivity contribution in [3.05, 3.63) is 59.4 Å². The minimum absolute atomic E-state index is 0.243. The molecule has 2 N–H and O–H groups in total. The van der Waals surface area contributed by atoms with Crippen molar-refractivity contribution < 1.29 is 24.2 Å². The fourth-order valence-electron chi connectivity index (χ4n) is 1.83. The van der Waals surface area contributed by atoms with Crippen molar-refractivity contribution in [3.8, 4) is 11.1 Å². The van der Waals surface area contributed by atoms with Gasteiger partial charge in [-0.15, -0.1) is 0 Å². The molecular formula is C14H9FO4. The molecule has 2 rings (SSSR count). The van der Waals surface area contributed by atoms with Gasteiger partial charge in [-0.2, -0.15) is 0 Å². The van der Waals surface area contributed by atoms with Gasteiger partial charge in [0.2, 0.25) is 0 Å². The van der Waals surface area contributed by atoms with E-state index in [4.69, 9.17) is 5.11 Å². The van der Waals surface area contributed by atoms with Crippen LogP contribution >= 0.6 is 0 Å². The monoisotopic (exact) mass is 260 g/mol. The summed E-state index contributed by atoms with van der Waals surface area (Å²) in [7, 11) is 0. The van der Waals surface area contributed by atoms with Crippen molar-refractivity contribution in [1.29, 1.82) is 0 Å². The third kappa shape index (κ3) is 2.44. The third-order valence-electron chi connectivity index (χ3n) is 2.66. The highest BCUT2D eigenvalue weighted by molar-refractivity contribution is 6.06. The van der Waals surface area contributed by atoms with Crippen LogP contribution in [0.25, 0.3) is 11.1 Å². The van der Waals surface area contributed by atoms with E-state index < -0.39 is 17.8 Å². The van der Waals surface area contributed by atoms with Crippen molar-refractivity contribution in [2.75, 3.05) is 0 Å². The van der Waals surface area contributed by atoms with Gasteiger partial charge in [0.25, 0.3) is 0 Å². The van der Waals surface area contributed by atoms with Crippen molar-refractivity contribution in [2.45, 2.75) is 0 Å². The van der Waals surface area contributed by atoms with Gasteiger partial charge in [-0.1, -0.05) is 24.3 Å². The summed E-state index contributed by atoms with van der Waals surface area (Å²) in [4.78, 5) is 22.3. The molecule has 0 aliphatic heterocycles. The first-order valence-corrected chi connectivity index (χ1v) is 5.36. The summed E-state index contributed by atoms with van der Waals surface area (Å²) >= 11 is 0. The number of carboxylic acid groups (broad SMARTS) is 2. The van der Waals surface area contributed by atoms with Crippen molar-refractivity contribution in [3.63, 3.8) is 0 Å². The number of hydrogen-bond acceptors (Lipinski definition) is 2. The Morgan fingerprint density at radius 3 is 2.05 bits per heavy atom. The van der Waals surface area contributed by atoms with Gasteiger partial charge in [-0.05, 0) is 29.3 Å². The van der Waals surface area contributed by atoms with Gasteiger partial charge < -0.3 is 10.2 Å². The third-order valence-corrected chi connectivity index (χ3v) is 2.66. The standard InChI is InChI=1S/C14H9FO4/c15-9-6-4-8(5-7-9)10-2-1-3-11(13(16)17)12(10)14(18)19/h1-7H,(H,16,17)(H,18,19). The Hall–Kier alpha value is -2.69. The predicted molar refractivity (Wildman–Crippen MR) is 65.8 cm³/mol. The number of rotatable bonds is 3. The van der Waals surface area contributed by atoms with Crippen molar-refractivity contribution in [2.24, 2.45) is 0 Å². The van der Waals surface area contributed by atoms with Gasteiger partial charge in [0.1, 0.15) is 5.82 Å². The highest BCUT2D eigenvalue weighted by Gasteiger charge is 2.20. The molecule has 0 saturated carbocycles. The van der Waals surface area contributed by atoms with E-state index in [-0.39, 0.29) is 16.7 Å². The Morgan fingerprint density at radius 2 is 1.53 bits per heavy atom. The van der Waals surface area contributed by atoms with E-state index in [2.05, 4.69) is 0 Å². The van der Waals surface area contributed by atoms with Crippen LogP contribution in [-0.2, 0) is 0 Å². The van der Waals surface area contributed by atoms with E-state index in [0.717, 1.165) is 0 Å². The molecule has 0 radical (unpaired) electrons. The maximum absolute atomic E-state index is 12.9. The number of benzene rings is 2. The normalized spacial score (nSPS) is 10.2. The highest BCUT2D eigenvalue weighted by atomic mass is 19.1. The number of hydrogen-bond donors (Lipinski definition) is 2. The summed E-state index contributed by atoms with van der Waals surface area (Å²) in [6, 6.07) is 9.35. The zero-order chi connectivity index (χ0) is 14.0. The number of halogens is 1. The van der Waals surface area contributed by atoms with Crippen LogP contribution < -0.4 is 0 Å². The number of aromatic carboxylic acids is 2. The zero-order valence-electron chi connectivity index (χ0n) is 9.63. The summed E-state index contributed by atoms with van der Waals surface area (Å²) < 4.78 is 12.9. The van der Waals surface area contributed by atoms with Gasteiger partial charge in [0.15, 0.2) is 0 Å². The molecule has 2 aromatic carbocycles. The van der Waals surface area contributed by atoms with Crippen LogP contribution in [0.5, 0.6) is 0 Å². The topological polar surface area (TPSA) is 74.6 Å². The molecule has 0 heterocycles. The second kappa shape index (κ2) is 4.89. The second-order valence-corrected chi connectivity index (χ2v) is 3.85. The van der Waals surface area contributed by atoms with E-state index in [1.807, 2.05) is 0 Å². The fourth-order valence-corrected chi connectivity index (χ4v) is 1.83. The average molecular weight is 260 g/mol. The minimum Gasteiger partial charge on any atom is -0.478 e. The molecule has 4 nitrogen and oxygen atoms in total. The van der Waals surface area contributed by atoms with Gasteiger partial charge in [0, 0.05) is 0 Å². The Balaban J connectivity index is 2.69. The fraction of sp³-hybridized carbons (Fsp3) is 0. The summed E-state index contributed by atoms with van der Waals surface area (Å²) in [5.41, 5.74) is 0.0882. The maximum atomic E-state index is 12.9. The molecule has 2 aromatic rings. The largest absolute Gasteiger partial charge is 0.478 e. The summed E-state index contributed by atoms with van der Waals surface area (Å²) in [5, 5.41) is 18.2. The van der Waals surface area contributed by atoms with Crippen LogP contribution in [0.3, 0.4) is 0 Å². The van der Waals surface area contributed by atoms with Crippen LogP contribution in [0.2, 0.25) is 0 Å². The number of carboxylic acids is 2. The van der Waals surface area contributed by atoms with E-state index in [0.29, 0.717) is 5.56 Å². The Bertz CT molecular complexity index is 647. The molecule has 0 aliphatic rings. The molecule has 0 fully saturated rings. The zero-order valence-corrected chi connectivity index (χ0v) is 9.63. The van der Waals surface area contributed by atoms with E-state index >= 15 is 0 Å². The molecule has 5 heteroatoms. The lowest BCUT2D eigenvalue weighted by molar-refractivity contribution is 0.0652. The quantitative estimate of drug-likeness (QED) is 0.889. The van der Waals surface area contributed by atoms with Gasteiger partial charge >= 0.3 is 11.9 Å². The van der Waals surface area contributed by atoms with Crippen LogP contribution in [-0.4, -0.2) is 22.2 Å². The Labute approximate surface area is 107 Å².